The molecule has 1 aliphatic heterocycles. The van der Waals surface area contributed by atoms with Crippen molar-refractivity contribution in [2.75, 3.05) is 6.54 Å². The molecule has 1 aromatic rings. The number of hydrogen-bond donors (Lipinski definition) is 0. The second kappa shape index (κ2) is 6.67. The Bertz CT molecular complexity index is 465. The highest BCUT2D eigenvalue weighted by Crippen LogP contribution is 2.37. The van der Waals surface area contributed by atoms with Gasteiger partial charge in [0.25, 0.3) is 0 Å². The summed E-state index contributed by atoms with van der Waals surface area (Å²) in [4.78, 5) is 17.3. The molecular formula is C17H26N2O2. The van der Waals surface area contributed by atoms with Gasteiger partial charge in [-0.1, -0.05) is 49.4 Å². The number of hydroxylamine groups is 2. The van der Waals surface area contributed by atoms with Gasteiger partial charge in [0.15, 0.2) is 0 Å². The van der Waals surface area contributed by atoms with Crippen LogP contribution in [0, 0.1) is 10.8 Å². The van der Waals surface area contributed by atoms with E-state index < -0.39 is 0 Å². The van der Waals surface area contributed by atoms with Crippen LogP contribution in [-0.2, 0) is 4.84 Å². The summed E-state index contributed by atoms with van der Waals surface area (Å²) in [5.41, 5.74) is 1.04. The molecule has 4 heteroatoms. The molecule has 116 valence electrons. The van der Waals surface area contributed by atoms with Gasteiger partial charge < -0.3 is 0 Å². The Morgan fingerprint density at radius 3 is 2.67 bits per heavy atom. The number of hydrogen-bond acceptors (Lipinski definition) is 4. The van der Waals surface area contributed by atoms with Crippen LogP contribution in [0.5, 0.6) is 0 Å². The lowest BCUT2D eigenvalue weighted by Gasteiger charge is -2.48. The minimum Gasteiger partial charge on any atom is -0.291 e. The molecule has 0 aliphatic carbocycles. The molecule has 2 rings (SSSR count). The summed E-state index contributed by atoms with van der Waals surface area (Å²) >= 11 is 0. The Kier molecular flexibility index (Phi) is 5.12. The van der Waals surface area contributed by atoms with E-state index in [-0.39, 0.29) is 23.6 Å². The van der Waals surface area contributed by atoms with Gasteiger partial charge in [-0.2, -0.15) is 9.97 Å². The van der Waals surface area contributed by atoms with Crippen molar-refractivity contribution >= 4 is 0 Å². The molecule has 4 atom stereocenters. The number of rotatable bonds is 5. The third-order valence-electron chi connectivity index (χ3n) is 4.81. The average Bonchev–Trinajstić information content (AvgIpc) is 2.51. The van der Waals surface area contributed by atoms with Gasteiger partial charge in [-0.3, -0.25) is 4.84 Å². The van der Waals surface area contributed by atoms with Crippen molar-refractivity contribution in [1.29, 1.82) is 0 Å². The van der Waals surface area contributed by atoms with E-state index in [9.17, 15) is 4.91 Å². The second-order valence-electron chi connectivity index (χ2n) is 6.42. The van der Waals surface area contributed by atoms with Gasteiger partial charge in [-0.25, -0.2) is 0 Å². The topological polar surface area (TPSA) is 41.9 Å². The number of nitroso groups, excluding NO2 is 1. The highest BCUT2D eigenvalue weighted by Gasteiger charge is 2.43. The van der Waals surface area contributed by atoms with Crippen LogP contribution in [0.25, 0.3) is 0 Å². The molecule has 4 unspecified atom stereocenters. The fourth-order valence-corrected chi connectivity index (χ4v) is 2.97. The van der Waals surface area contributed by atoms with Crippen LogP contribution in [0.3, 0.4) is 0 Å². The Morgan fingerprint density at radius 1 is 1.43 bits per heavy atom. The zero-order valence-corrected chi connectivity index (χ0v) is 13.5. The van der Waals surface area contributed by atoms with E-state index in [2.05, 4.69) is 50.1 Å². The van der Waals surface area contributed by atoms with Gasteiger partial charge in [0, 0.05) is 12.1 Å². The smallest absolute Gasteiger partial charge is 0.101 e. The molecule has 1 fully saturated rings. The van der Waals surface area contributed by atoms with Crippen molar-refractivity contribution in [1.82, 2.24) is 5.06 Å². The van der Waals surface area contributed by atoms with E-state index >= 15 is 0 Å². The van der Waals surface area contributed by atoms with Gasteiger partial charge in [-0.05, 0) is 38.2 Å². The Hall–Kier alpha value is -1.26. The first-order valence-electron chi connectivity index (χ1n) is 7.82. The highest BCUT2D eigenvalue weighted by atomic mass is 16.7. The molecule has 0 aromatic heterocycles. The summed E-state index contributed by atoms with van der Waals surface area (Å²) in [5.74, 6) is 0.227. The largest absolute Gasteiger partial charge is 0.291 e. The highest BCUT2D eigenvalue weighted by molar-refractivity contribution is 5.16. The monoisotopic (exact) mass is 290 g/mol. The summed E-state index contributed by atoms with van der Waals surface area (Å²) in [5, 5.41) is 5.39. The van der Waals surface area contributed by atoms with E-state index in [0.29, 0.717) is 0 Å². The summed E-state index contributed by atoms with van der Waals surface area (Å²) < 4.78 is 0. The maximum Gasteiger partial charge on any atom is 0.101 e. The lowest BCUT2D eigenvalue weighted by atomic mass is 9.81. The first-order chi connectivity index (χ1) is 10.00. The normalized spacial score (nSPS) is 31.8. The Morgan fingerprint density at radius 2 is 2.10 bits per heavy atom. The quantitative estimate of drug-likeness (QED) is 0.758. The third kappa shape index (κ3) is 3.50. The molecule has 1 aliphatic rings. The average molecular weight is 290 g/mol. The minimum absolute atomic E-state index is 0.00464. The molecule has 0 N–H and O–H groups in total. The summed E-state index contributed by atoms with van der Waals surface area (Å²) in [6.45, 7) is 9.19. The summed E-state index contributed by atoms with van der Waals surface area (Å²) in [7, 11) is 0. The van der Waals surface area contributed by atoms with Gasteiger partial charge in [-0.15, -0.1) is 0 Å². The van der Waals surface area contributed by atoms with Crippen LogP contribution < -0.4 is 0 Å². The molecule has 0 radical (unpaired) electrons. The first-order valence-corrected chi connectivity index (χ1v) is 7.82. The van der Waals surface area contributed by atoms with Crippen LogP contribution >= 0.6 is 0 Å². The van der Waals surface area contributed by atoms with Crippen molar-refractivity contribution in [3.8, 4) is 0 Å². The molecule has 1 heterocycles. The van der Waals surface area contributed by atoms with Crippen molar-refractivity contribution < 1.29 is 4.84 Å². The van der Waals surface area contributed by atoms with Crippen LogP contribution in [0.1, 0.15) is 52.2 Å². The van der Waals surface area contributed by atoms with Crippen LogP contribution in [0.2, 0.25) is 0 Å². The predicted octanol–water partition coefficient (Wildman–Crippen LogP) is 4.32. The number of piperidine rings is 1. The molecule has 1 aromatic carbocycles. The van der Waals surface area contributed by atoms with Crippen molar-refractivity contribution in [3.63, 3.8) is 0 Å². The molecule has 21 heavy (non-hydrogen) atoms. The zero-order chi connectivity index (χ0) is 15.5. The van der Waals surface area contributed by atoms with Crippen molar-refractivity contribution in [2.45, 2.75) is 58.2 Å². The lowest BCUT2D eigenvalue weighted by Crippen LogP contribution is -2.55. The van der Waals surface area contributed by atoms with Gasteiger partial charge in [0.05, 0.1) is 6.04 Å². The van der Waals surface area contributed by atoms with Crippen molar-refractivity contribution in [3.05, 3.63) is 40.8 Å². The Balaban J connectivity index is 2.12. The van der Waals surface area contributed by atoms with E-state index in [1.807, 2.05) is 18.2 Å². The fraction of sp³-hybridized carbons (Fsp3) is 0.647. The maximum atomic E-state index is 11.0. The fourth-order valence-electron chi connectivity index (χ4n) is 2.97. The van der Waals surface area contributed by atoms with Gasteiger partial charge in [0.1, 0.15) is 6.10 Å². The van der Waals surface area contributed by atoms with E-state index in [0.717, 1.165) is 19.4 Å². The summed E-state index contributed by atoms with van der Waals surface area (Å²) in [6, 6.07) is 10.1. The molecule has 0 bridgehead atoms. The molecule has 4 nitrogen and oxygen atoms in total. The lowest BCUT2D eigenvalue weighted by molar-refractivity contribution is -0.269. The predicted molar refractivity (Wildman–Crippen MR) is 84.7 cm³/mol. The first kappa shape index (κ1) is 16.1. The molecule has 0 spiro atoms. The van der Waals surface area contributed by atoms with Crippen LogP contribution in [-0.4, -0.2) is 23.2 Å². The SMILES string of the molecule is CCC1(C)CC(N=O)C(C)CN1OC(C)c1ccccc1. The number of nitrogens with zero attached hydrogens (tertiary/aromatic N) is 2. The maximum absolute atomic E-state index is 11.0. The summed E-state index contributed by atoms with van der Waals surface area (Å²) in [6.07, 6.45) is 1.70. The molecular weight excluding hydrogens is 264 g/mol. The van der Waals surface area contributed by atoms with Crippen molar-refractivity contribution in [2.24, 2.45) is 11.1 Å². The number of benzene rings is 1. The molecule has 1 saturated heterocycles. The van der Waals surface area contributed by atoms with E-state index in [1.54, 1.807) is 0 Å². The van der Waals surface area contributed by atoms with E-state index in [4.69, 9.17) is 4.84 Å². The second-order valence-corrected chi connectivity index (χ2v) is 6.42. The Labute approximate surface area is 127 Å². The zero-order valence-electron chi connectivity index (χ0n) is 13.5. The van der Waals surface area contributed by atoms with Crippen LogP contribution in [0.15, 0.2) is 35.5 Å². The van der Waals surface area contributed by atoms with Gasteiger partial charge in [0.2, 0.25) is 0 Å². The molecule has 0 saturated carbocycles. The third-order valence-corrected chi connectivity index (χ3v) is 4.81. The molecule has 0 amide bonds. The van der Waals surface area contributed by atoms with Crippen LogP contribution in [0.4, 0.5) is 0 Å². The van der Waals surface area contributed by atoms with E-state index in [1.165, 1.54) is 5.56 Å². The van der Waals surface area contributed by atoms with Gasteiger partial charge >= 0.3 is 0 Å². The minimum atomic E-state index is -0.131. The standard InChI is InChI=1S/C17H26N2O2/c1-5-17(4)11-16(18-20)13(2)12-19(17)21-14(3)15-9-7-6-8-10-15/h6-10,13-14,16H,5,11-12H2,1-4H3.